The smallest absolute Gasteiger partial charge is 0.264 e. The van der Waals surface area contributed by atoms with Crippen LogP contribution in [0.15, 0.2) is 77.7 Å². The molecule has 1 N–H and O–H groups in total. The average Bonchev–Trinajstić information content (AvgIpc) is 2.91. The second-order valence-corrected chi connectivity index (χ2v) is 11.7. The minimum Gasteiger partial charge on any atom is -0.352 e. The van der Waals surface area contributed by atoms with E-state index in [1.807, 2.05) is 20.8 Å². The van der Waals surface area contributed by atoms with E-state index in [1.54, 1.807) is 43.3 Å². The number of aryl methyl sites for hydroxylation is 1. The molecule has 0 fully saturated rings. The molecule has 0 saturated heterocycles. The van der Waals surface area contributed by atoms with Gasteiger partial charge in [0, 0.05) is 17.6 Å². The molecule has 3 rings (SSSR count). The first kappa shape index (κ1) is 30.1. The van der Waals surface area contributed by atoms with E-state index >= 15 is 0 Å². The Balaban J connectivity index is 2.05. The number of nitrogens with one attached hydrogen (secondary N) is 1. The summed E-state index contributed by atoms with van der Waals surface area (Å²) in [6.45, 7) is 6.36. The Hall–Kier alpha value is -3.43. The van der Waals surface area contributed by atoms with Gasteiger partial charge >= 0.3 is 0 Å². The summed E-state index contributed by atoms with van der Waals surface area (Å²) in [4.78, 5) is 28.1. The van der Waals surface area contributed by atoms with Crippen molar-refractivity contribution in [2.45, 2.75) is 57.6 Å². The summed E-state index contributed by atoms with van der Waals surface area (Å²) in [5, 5.41) is 3.25. The second-order valence-electron chi connectivity index (χ2n) is 9.38. The number of halogens is 2. The van der Waals surface area contributed by atoms with Crippen molar-refractivity contribution in [1.29, 1.82) is 0 Å². The summed E-state index contributed by atoms with van der Waals surface area (Å²) in [6.07, 6.45) is 0.687. The zero-order valence-electron chi connectivity index (χ0n) is 22.4. The van der Waals surface area contributed by atoms with Crippen LogP contribution in [0.2, 0.25) is 5.02 Å². The molecule has 0 bridgehead atoms. The van der Waals surface area contributed by atoms with Crippen molar-refractivity contribution in [3.63, 3.8) is 0 Å². The van der Waals surface area contributed by atoms with Crippen molar-refractivity contribution < 1.29 is 22.4 Å². The molecular formula is C29H33ClFN3O4S. The van der Waals surface area contributed by atoms with E-state index in [0.717, 1.165) is 15.9 Å². The third kappa shape index (κ3) is 7.36. The lowest BCUT2D eigenvalue weighted by Gasteiger charge is -2.32. The number of anilines is 1. The van der Waals surface area contributed by atoms with Gasteiger partial charge in [0.2, 0.25) is 11.8 Å². The van der Waals surface area contributed by atoms with E-state index in [2.05, 4.69) is 5.32 Å². The lowest BCUT2D eigenvalue weighted by Crippen LogP contribution is -2.52. The van der Waals surface area contributed by atoms with Crippen LogP contribution in [-0.2, 0) is 26.2 Å². The topological polar surface area (TPSA) is 86.8 Å². The van der Waals surface area contributed by atoms with Gasteiger partial charge in [-0.15, -0.1) is 0 Å². The van der Waals surface area contributed by atoms with Gasteiger partial charge in [-0.3, -0.25) is 13.9 Å². The van der Waals surface area contributed by atoms with E-state index in [0.29, 0.717) is 17.0 Å². The number of para-hydroxylation sites is 1. The van der Waals surface area contributed by atoms with Crippen LogP contribution in [0.1, 0.15) is 38.3 Å². The highest BCUT2D eigenvalue weighted by Crippen LogP contribution is 2.27. The number of carbonyl (C=O) groups is 2. The molecule has 0 heterocycles. The summed E-state index contributed by atoms with van der Waals surface area (Å²) in [7, 11) is -4.35. The van der Waals surface area contributed by atoms with Gasteiger partial charge in [0.25, 0.3) is 10.0 Å². The van der Waals surface area contributed by atoms with E-state index in [1.165, 1.54) is 35.2 Å². The molecule has 0 aliphatic carbocycles. The molecule has 0 saturated carbocycles. The molecule has 3 aromatic carbocycles. The van der Waals surface area contributed by atoms with Crippen molar-refractivity contribution in [3.8, 4) is 0 Å². The summed E-state index contributed by atoms with van der Waals surface area (Å²) >= 11 is 6.36. The summed E-state index contributed by atoms with van der Waals surface area (Å²) < 4.78 is 43.2. The quantitative estimate of drug-likeness (QED) is 0.337. The molecule has 2 atom stereocenters. The van der Waals surface area contributed by atoms with Gasteiger partial charge in [0.1, 0.15) is 18.4 Å². The predicted octanol–water partition coefficient (Wildman–Crippen LogP) is 5.31. The SMILES string of the molecule is CC[C@@H](C)NC(=O)[C@H](C)N(Cc1ccccc1Cl)C(=O)CN(c1ccccc1F)S(=O)(=O)c1ccc(C)cc1. The number of carbonyl (C=O) groups excluding carboxylic acids is 2. The Morgan fingerprint density at radius 1 is 0.974 bits per heavy atom. The van der Waals surface area contributed by atoms with Crippen LogP contribution in [-0.4, -0.2) is 43.8 Å². The van der Waals surface area contributed by atoms with E-state index < -0.39 is 40.2 Å². The fourth-order valence-corrected chi connectivity index (χ4v) is 5.48. The molecule has 0 aliphatic heterocycles. The summed E-state index contributed by atoms with van der Waals surface area (Å²) in [5.41, 5.74) is 1.14. The highest BCUT2D eigenvalue weighted by Gasteiger charge is 2.34. The number of hydrogen-bond donors (Lipinski definition) is 1. The lowest BCUT2D eigenvalue weighted by atomic mass is 10.1. The van der Waals surface area contributed by atoms with Crippen molar-refractivity contribution >= 4 is 39.1 Å². The molecule has 39 heavy (non-hydrogen) atoms. The first-order valence-corrected chi connectivity index (χ1v) is 14.4. The number of benzene rings is 3. The fourth-order valence-electron chi connectivity index (χ4n) is 3.86. The van der Waals surface area contributed by atoms with Gasteiger partial charge in [-0.2, -0.15) is 0 Å². The molecular weight excluding hydrogens is 541 g/mol. The Labute approximate surface area is 234 Å². The molecule has 0 aliphatic rings. The van der Waals surface area contributed by atoms with Gasteiger partial charge in [0.05, 0.1) is 10.6 Å². The minimum absolute atomic E-state index is 0.0523. The maximum Gasteiger partial charge on any atom is 0.264 e. The van der Waals surface area contributed by atoms with Crippen LogP contribution in [0.25, 0.3) is 0 Å². The highest BCUT2D eigenvalue weighted by molar-refractivity contribution is 7.92. The first-order valence-electron chi connectivity index (χ1n) is 12.6. The zero-order valence-corrected chi connectivity index (χ0v) is 24.0. The number of sulfonamides is 1. The molecule has 10 heteroatoms. The Bertz CT molecular complexity index is 1420. The van der Waals surface area contributed by atoms with Gasteiger partial charge < -0.3 is 10.2 Å². The number of rotatable bonds is 11. The Morgan fingerprint density at radius 3 is 2.21 bits per heavy atom. The maximum absolute atomic E-state index is 15.0. The van der Waals surface area contributed by atoms with Crippen LogP contribution in [0.3, 0.4) is 0 Å². The normalized spacial score (nSPS) is 12.9. The van der Waals surface area contributed by atoms with Crippen LogP contribution in [0.5, 0.6) is 0 Å². The fraction of sp³-hybridized carbons (Fsp3) is 0.310. The first-order chi connectivity index (χ1) is 18.4. The van der Waals surface area contributed by atoms with Gasteiger partial charge in [0.15, 0.2) is 0 Å². The highest BCUT2D eigenvalue weighted by atomic mass is 35.5. The molecule has 7 nitrogen and oxygen atoms in total. The zero-order chi connectivity index (χ0) is 28.7. The largest absolute Gasteiger partial charge is 0.352 e. The number of hydrogen-bond acceptors (Lipinski definition) is 4. The van der Waals surface area contributed by atoms with Crippen LogP contribution >= 0.6 is 11.6 Å². The summed E-state index contributed by atoms with van der Waals surface area (Å²) in [6, 6.07) is 17.2. The minimum atomic E-state index is -4.35. The van der Waals surface area contributed by atoms with E-state index in [4.69, 9.17) is 11.6 Å². The van der Waals surface area contributed by atoms with Gasteiger partial charge in [-0.05, 0) is 63.1 Å². The number of nitrogens with zero attached hydrogens (tertiary/aromatic N) is 2. The van der Waals surface area contributed by atoms with E-state index in [9.17, 15) is 22.4 Å². The van der Waals surface area contributed by atoms with Crippen LogP contribution in [0.4, 0.5) is 10.1 Å². The summed E-state index contributed by atoms with van der Waals surface area (Å²) in [5.74, 6) is -1.90. The van der Waals surface area contributed by atoms with Gasteiger partial charge in [-0.25, -0.2) is 12.8 Å². The van der Waals surface area contributed by atoms with Crippen molar-refractivity contribution in [2.24, 2.45) is 0 Å². The third-order valence-electron chi connectivity index (χ3n) is 6.48. The standard InChI is InChI=1S/C29H33ClFN3O4S/c1-5-21(3)32-29(36)22(4)33(18-23-10-6-7-11-25(23)30)28(35)19-34(27-13-9-8-12-26(27)31)39(37,38)24-16-14-20(2)15-17-24/h6-17,21-22H,5,18-19H2,1-4H3,(H,32,36)/t21-,22+/m1/s1. The van der Waals surface area contributed by atoms with Crippen molar-refractivity contribution in [2.75, 3.05) is 10.8 Å². The maximum atomic E-state index is 15.0. The Morgan fingerprint density at radius 2 is 1.59 bits per heavy atom. The number of amides is 2. The van der Waals surface area contributed by atoms with Gasteiger partial charge in [-0.1, -0.05) is 66.6 Å². The monoisotopic (exact) mass is 573 g/mol. The molecule has 208 valence electrons. The third-order valence-corrected chi connectivity index (χ3v) is 8.62. The molecule has 3 aromatic rings. The average molecular weight is 574 g/mol. The molecule has 0 radical (unpaired) electrons. The van der Waals surface area contributed by atoms with E-state index in [-0.39, 0.29) is 23.2 Å². The van der Waals surface area contributed by atoms with Crippen molar-refractivity contribution in [3.05, 3.63) is 94.8 Å². The Kier molecular flexibility index (Phi) is 10.1. The van der Waals surface area contributed by atoms with Crippen LogP contribution in [0, 0.1) is 12.7 Å². The van der Waals surface area contributed by atoms with Crippen molar-refractivity contribution in [1.82, 2.24) is 10.2 Å². The lowest BCUT2D eigenvalue weighted by molar-refractivity contribution is -0.139. The van der Waals surface area contributed by atoms with Crippen LogP contribution < -0.4 is 9.62 Å². The predicted molar refractivity (Wildman–Crippen MR) is 151 cm³/mol. The second kappa shape index (κ2) is 13.1. The molecule has 0 unspecified atom stereocenters. The molecule has 0 aromatic heterocycles. The molecule has 0 spiro atoms. The molecule has 2 amide bonds.